The van der Waals surface area contributed by atoms with Crippen LogP contribution < -0.4 is 0 Å². The maximum atomic E-state index is 11.6. The van der Waals surface area contributed by atoms with Gasteiger partial charge < -0.3 is 0 Å². The Morgan fingerprint density at radius 3 is 2.40 bits per heavy atom. The lowest BCUT2D eigenvalue weighted by Gasteiger charge is -2.65. The maximum Gasteiger partial charge on any atom is 0.264 e. The summed E-state index contributed by atoms with van der Waals surface area (Å²) in [6, 6.07) is 0. The van der Waals surface area contributed by atoms with Crippen molar-refractivity contribution in [3.05, 3.63) is 11.6 Å². The lowest BCUT2D eigenvalue weighted by atomic mass is 9.40. The molecule has 25 heavy (non-hydrogen) atoms. The fourth-order valence-corrected chi connectivity index (χ4v) is 7.50. The molecule has 0 bridgehead atoms. The molecule has 0 saturated heterocycles. The number of allylic oxidation sites excluding steroid dienone is 1. The van der Waals surface area contributed by atoms with Gasteiger partial charge in [0.15, 0.2) is 0 Å². The zero-order valence-electron chi connectivity index (χ0n) is 16.9. The summed E-state index contributed by atoms with van der Waals surface area (Å²) in [7, 11) is -3.40. The predicted molar refractivity (Wildman–Crippen MR) is 103 cm³/mol. The van der Waals surface area contributed by atoms with Crippen molar-refractivity contribution in [2.24, 2.45) is 34.0 Å². The monoisotopic (exact) mass is 368 g/mol. The Labute approximate surface area is 154 Å². The normalized spacial score (nSPS) is 43.8. The quantitative estimate of drug-likeness (QED) is 0.509. The van der Waals surface area contributed by atoms with Crippen molar-refractivity contribution in [1.29, 1.82) is 0 Å². The third kappa shape index (κ3) is 3.22. The second-order valence-corrected chi connectivity index (χ2v) is 11.9. The molecule has 3 aliphatic rings. The van der Waals surface area contributed by atoms with Gasteiger partial charge in [0.2, 0.25) is 0 Å². The molecule has 4 heteroatoms. The second-order valence-electron chi connectivity index (χ2n) is 10.2. The van der Waals surface area contributed by atoms with E-state index < -0.39 is 10.1 Å². The van der Waals surface area contributed by atoms with E-state index in [1.165, 1.54) is 37.7 Å². The highest BCUT2D eigenvalue weighted by molar-refractivity contribution is 7.85. The summed E-state index contributed by atoms with van der Waals surface area (Å²) in [6.07, 6.45) is 11.1. The molecule has 1 unspecified atom stereocenters. The van der Waals surface area contributed by atoms with Crippen molar-refractivity contribution >= 4 is 10.1 Å². The number of hydrogen-bond donors (Lipinski definition) is 0. The molecule has 2 fully saturated rings. The van der Waals surface area contributed by atoms with E-state index >= 15 is 0 Å². The molecule has 0 radical (unpaired) electrons. The van der Waals surface area contributed by atoms with Gasteiger partial charge in [0.1, 0.15) is 0 Å². The van der Waals surface area contributed by atoms with E-state index in [0.717, 1.165) is 18.6 Å². The number of hydrogen-bond acceptors (Lipinski definition) is 3. The van der Waals surface area contributed by atoms with Crippen LogP contribution in [0.15, 0.2) is 11.6 Å². The van der Waals surface area contributed by atoms with Gasteiger partial charge in [-0.15, -0.1) is 0 Å². The van der Waals surface area contributed by atoms with Crippen molar-refractivity contribution in [1.82, 2.24) is 0 Å². The molecule has 3 rings (SSSR count). The van der Waals surface area contributed by atoms with E-state index in [1.54, 1.807) is 0 Å². The third-order valence-corrected chi connectivity index (χ3v) is 8.87. The molecule has 3 aliphatic carbocycles. The van der Waals surface area contributed by atoms with E-state index in [0.29, 0.717) is 23.4 Å². The van der Waals surface area contributed by atoms with Crippen molar-refractivity contribution in [2.75, 3.05) is 12.9 Å². The summed E-state index contributed by atoms with van der Waals surface area (Å²) in [5, 5.41) is 0. The molecular weight excluding hydrogens is 332 g/mol. The average molecular weight is 369 g/mol. The summed E-state index contributed by atoms with van der Waals surface area (Å²) in [6.45, 7) is 12.3. The van der Waals surface area contributed by atoms with Crippen LogP contribution in [0.4, 0.5) is 0 Å². The summed E-state index contributed by atoms with van der Waals surface area (Å²) < 4.78 is 28.5. The SMILES string of the molecule is CC1=CC[C@H]2[C@@](C)(CCC3C(C)(C)CCC[C@@]32C)[C@@H]1COS(C)(=O)=O. The molecule has 2 saturated carbocycles. The largest absolute Gasteiger partial charge is 0.270 e. The lowest BCUT2D eigenvalue weighted by molar-refractivity contribution is -0.148. The van der Waals surface area contributed by atoms with Crippen LogP contribution in [0.5, 0.6) is 0 Å². The smallest absolute Gasteiger partial charge is 0.264 e. The predicted octanol–water partition coefficient (Wildman–Crippen LogP) is 5.18. The van der Waals surface area contributed by atoms with Crippen LogP contribution in [0.2, 0.25) is 0 Å². The zero-order chi connectivity index (χ0) is 18.7. The summed E-state index contributed by atoms with van der Waals surface area (Å²) in [5.74, 6) is 1.61. The Morgan fingerprint density at radius 1 is 1.08 bits per heavy atom. The van der Waals surface area contributed by atoms with Gasteiger partial charge in [-0.25, -0.2) is 0 Å². The standard InChI is InChI=1S/C21H36O3S/c1-15-8-9-18-20(4,16(15)14-24-25(6,22)23)13-10-17-19(2,3)11-7-12-21(17,18)5/h8,16-18H,7,9-14H2,1-6H3/t16-,17?,18+,20+,21+/m1/s1. The molecule has 0 aromatic carbocycles. The minimum absolute atomic E-state index is 0.141. The molecule has 0 aliphatic heterocycles. The molecule has 0 amide bonds. The van der Waals surface area contributed by atoms with E-state index in [9.17, 15) is 8.42 Å². The molecule has 0 N–H and O–H groups in total. The molecule has 0 spiro atoms. The van der Waals surface area contributed by atoms with Crippen molar-refractivity contribution < 1.29 is 12.6 Å². The Hall–Kier alpha value is -0.350. The summed E-state index contributed by atoms with van der Waals surface area (Å²) in [5.41, 5.74) is 2.24. The van der Waals surface area contributed by atoms with Crippen LogP contribution in [0.1, 0.15) is 73.1 Å². The Bertz CT molecular complexity index is 663. The average Bonchev–Trinajstić information content (AvgIpc) is 2.43. The molecule has 0 heterocycles. The van der Waals surface area contributed by atoms with Gasteiger partial charge in [0.05, 0.1) is 12.9 Å². The van der Waals surface area contributed by atoms with Crippen molar-refractivity contribution in [2.45, 2.75) is 73.1 Å². The molecule has 144 valence electrons. The van der Waals surface area contributed by atoms with E-state index in [2.05, 4.69) is 40.7 Å². The fourth-order valence-electron chi connectivity index (χ4n) is 7.12. The van der Waals surface area contributed by atoms with Gasteiger partial charge >= 0.3 is 0 Å². The van der Waals surface area contributed by atoms with Crippen LogP contribution in [-0.4, -0.2) is 21.3 Å². The highest BCUT2D eigenvalue weighted by atomic mass is 32.2. The first-order valence-electron chi connectivity index (χ1n) is 9.91. The third-order valence-electron chi connectivity index (χ3n) is 8.31. The first-order valence-corrected chi connectivity index (χ1v) is 11.7. The highest BCUT2D eigenvalue weighted by Crippen LogP contribution is 2.68. The van der Waals surface area contributed by atoms with Crippen LogP contribution in [-0.2, 0) is 14.3 Å². The Morgan fingerprint density at radius 2 is 1.76 bits per heavy atom. The van der Waals surface area contributed by atoms with Crippen LogP contribution in [0.3, 0.4) is 0 Å². The van der Waals surface area contributed by atoms with Crippen LogP contribution in [0, 0.1) is 34.0 Å². The first-order chi connectivity index (χ1) is 11.4. The molecule has 0 aromatic heterocycles. The highest BCUT2D eigenvalue weighted by Gasteiger charge is 2.60. The molecule has 3 nitrogen and oxygen atoms in total. The van der Waals surface area contributed by atoms with Gasteiger partial charge in [-0.05, 0) is 67.1 Å². The Kier molecular flexibility index (Phi) is 4.73. The van der Waals surface area contributed by atoms with Crippen LogP contribution >= 0.6 is 0 Å². The minimum atomic E-state index is -3.40. The number of fused-ring (bicyclic) bond motifs is 3. The van der Waals surface area contributed by atoms with Gasteiger partial charge in [0.25, 0.3) is 10.1 Å². The van der Waals surface area contributed by atoms with E-state index in [4.69, 9.17) is 4.18 Å². The fraction of sp³-hybridized carbons (Fsp3) is 0.905. The lowest BCUT2D eigenvalue weighted by Crippen LogP contribution is -2.58. The van der Waals surface area contributed by atoms with Gasteiger partial charge in [-0.1, -0.05) is 45.8 Å². The maximum absolute atomic E-state index is 11.6. The minimum Gasteiger partial charge on any atom is -0.270 e. The summed E-state index contributed by atoms with van der Waals surface area (Å²) >= 11 is 0. The van der Waals surface area contributed by atoms with Gasteiger partial charge in [0, 0.05) is 5.92 Å². The molecular formula is C21H36O3S. The van der Waals surface area contributed by atoms with Gasteiger partial charge in [-0.2, -0.15) is 8.42 Å². The van der Waals surface area contributed by atoms with Crippen molar-refractivity contribution in [3.63, 3.8) is 0 Å². The Balaban J connectivity index is 1.95. The molecule has 0 aromatic rings. The topological polar surface area (TPSA) is 43.4 Å². The van der Waals surface area contributed by atoms with E-state index in [1.807, 2.05) is 0 Å². The van der Waals surface area contributed by atoms with E-state index in [-0.39, 0.29) is 11.3 Å². The van der Waals surface area contributed by atoms with Gasteiger partial charge in [-0.3, -0.25) is 4.18 Å². The second kappa shape index (κ2) is 6.09. The first kappa shape index (κ1) is 19.4. The van der Waals surface area contributed by atoms with Crippen molar-refractivity contribution in [3.8, 4) is 0 Å². The van der Waals surface area contributed by atoms with Crippen LogP contribution in [0.25, 0.3) is 0 Å². The molecule has 5 atom stereocenters. The number of rotatable bonds is 3. The zero-order valence-corrected chi connectivity index (χ0v) is 17.7. The summed E-state index contributed by atoms with van der Waals surface area (Å²) in [4.78, 5) is 0.